The quantitative estimate of drug-likeness (QED) is 0.546. The zero-order valence-electron chi connectivity index (χ0n) is 8.52. The molecule has 4 heteroatoms. The third-order valence-corrected chi connectivity index (χ3v) is 3.48. The zero-order chi connectivity index (χ0) is 9.97. The Balaban J connectivity index is 1.76. The Kier molecular flexibility index (Phi) is 3.38. The highest BCUT2D eigenvalue weighted by Gasteiger charge is 2.33. The number of hydrogen-bond donors (Lipinski definition) is 3. The van der Waals surface area contributed by atoms with E-state index < -0.39 is 6.10 Å². The molecule has 3 aliphatic rings. The Labute approximate surface area is 84.9 Å². The van der Waals surface area contributed by atoms with Crippen molar-refractivity contribution in [2.75, 3.05) is 32.8 Å². The lowest BCUT2D eigenvalue weighted by Gasteiger charge is -2.45. The van der Waals surface area contributed by atoms with Gasteiger partial charge in [-0.1, -0.05) is 0 Å². The van der Waals surface area contributed by atoms with Gasteiger partial charge in [0.1, 0.15) is 0 Å². The molecule has 3 saturated heterocycles. The molecule has 3 aliphatic heterocycles. The molecule has 0 radical (unpaired) electrons. The Bertz CT molecular complexity index is 181. The van der Waals surface area contributed by atoms with Crippen LogP contribution in [0.1, 0.15) is 12.8 Å². The molecular formula is C10H20N2O2. The first-order chi connectivity index (χ1) is 6.79. The molecule has 0 amide bonds. The first kappa shape index (κ1) is 10.4. The molecule has 82 valence electrons. The largest absolute Gasteiger partial charge is 0.394 e. The number of aliphatic hydroxyl groups is 2. The maximum absolute atomic E-state index is 9.23. The zero-order valence-corrected chi connectivity index (χ0v) is 8.52. The van der Waals surface area contributed by atoms with Crippen LogP contribution in [0.2, 0.25) is 0 Å². The molecule has 0 spiro atoms. The summed E-state index contributed by atoms with van der Waals surface area (Å²) in [7, 11) is 0. The summed E-state index contributed by atoms with van der Waals surface area (Å²) in [6, 6.07) is 0.527. The maximum Gasteiger partial charge on any atom is 0.0895 e. The van der Waals surface area contributed by atoms with Crippen molar-refractivity contribution in [1.29, 1.82) is 0 Å². The second-order valence-corrected chi connectivity index (χ2v) is 4.49. The molecule has 0 aromatic heterocycles. The first-order valence-corrected chi connectivity index (χ1v) is 5.54. The smallest absolute Gasteiger partial charge is 0.0895 e. The second-order valence-electron chi connectivity index (χ2n) is 4.49. The van der Waals surface area contributed by atoms with Gasteiger partial charge >= 0.3 is 0 Å². The summed E-state index contributed by atoms with van der Waals surface area (Å²) in [6.07, 6.45) is 1.96. The van der Waals surface area contributed by atoms with Gasteiger partial charge in [-0.3, -0.25) is 0 Å². The first-order valence-electron chi connectivity index (χ1n) is 5.54. The fourth-order valence-electron chi connectivity index (χ4n) is 2.55. The van der Waals surface area contributed by atoms with Crippen molar-refractivity contribution in [1.82, 2.24) is 10.2 Å². The van der Waals surface area contributed by atoms with E-state index in [2.05, 4.69) is 10.2 Å². The van der Waals surface area contributed by atoms with E-state index in [9.17, 15) is 5.11 Å². The van der Waals surface area contributed by atoms with Gasteiger partial charge in [0, 0.05) is 19.1 Å². The van der Waals surface area contributed by atoms with Crippen LogP contribution in [-0.4, -0.2) is 60.0 Å². The highest BCUT2D eigenvalue weighted by atomic mass is 16.3. The van der Waals surface area contributed by atoms with Crippen LogP contribution in [0.25, 0.3) is 0 Å². The minimum atomic E-state index is -0.606. The van der Waals surface area contributed by atoms with E-state index in [0.29, 0.717) is 12.6 Å². The molecular weight excluding hydrogens is 180 g/mol. The predicted molar refractivity (Wildman–Crippen MR) is 54.0 cm³/mol. The fraction of sp³-hybridized carbons (Fsp3) is 1.00. The SMILES string of the molecule is OCC(O)CNC1CN2CCC1CC2. The Morgan fingerprint density at radius 1 is 1.36 bits per heavy atom. The molecule has 4 nitrogen and oxygen atoms in total. The monoisotopic (exact) mass is 200 g/mol. The van der Waals surface area contributed by atoms with Crippen LogP contribution in [0, 0.1) is 5.92 Å². The number of fused-ring (bicyclic) bond motifs is 3. The number of hydrogen-bond acceptors (Lipinski definition) is 4. The van der Waals surface area contributed by atoms with Gasteiger partial charge < -0.3 is 20.4 Å². The van der Waals surface area contributed by atoms with E-state index in [-0.39, 0.29) is 6.61 Å². The van der Waals surface area contributed by atoms with Gasteiger partial charge in [-0.2, -0.15) is 0 Å². The van der Waals surface area contributed by atoms with E-state index in [4.69, 9.17) is 5.11 Å². The Morgan fingerprint density at radius 2 is 2.07 bits per heavy atom. The van der Waals surface area contributed by atoms with Crippen LogP contribution in [-0.2, 0) is 0 Å². The lowest BCUT2D eigenvalue weighted by molar-refractivity contribution is 0.0519. The van der Waals surface area contributed by atoms with Gasteiger partial charge in [0.05, 0.1) is 12.7 Å². The van der Waals surface area contributed by atoms with Crippen molar-refractivity contribution in [3.8, 4) is 0 Å². The van der Waals surface area contributed by atoms with Crippen molar-refractivity contribution in [3.63, 3.8) is 0 Å². The highest BCUT2D eigenvalue weighted by molar-refractivity contribution is 4.91. The standard InChI is InChI=1S/C10H20N2O2/c13-7-9(14)5-11-10-6-12-3-1-8(10)2-4-12/h8-11,13-14H,1-7H2. The molecule has 14 heavy (non-hydrogen) atoms. The van der Waals surface area contributed by atoms with Gasteiger partial charge in [-0.15, -0.1) is 0 Å². The Hall–Kier alpha value is -0.160. The molecule has 2 atom stereocenters. The normalized spacial score (nSPS) is 38.6. The van der Waals surface area contributed by atoms with Crippen molar-refractivity contribution in [2.24, 2.45) is 5.92 Å². The number of nitrogens with zero attached hydrogens (tertiary/aromatic N) is 1. The minimum Gasteiger partial charge on any atom is -0.394 e. The highest BCUT2D eigenvalue weighted by Crippen LogP contribution is 2.27. The number of piperidine rings is 3. The average Bonchev–Trinajstić information content (AvgIpc) is 2.27. The molecule has 3 N–H and O–H groups in total. The van der Waals surface area contributed by atoms with Gasteiger partial charge in [-0.05, 0) is 31.8 Å². The van der Waals surface area contributed by atoms with E-state index in [1.807, 2.05) is 0 Å². The molecule has 2 unspecified atom stereocenters. The third kappa shape index (κ3) is 2.25. The van der Waals surface area contributed by atoms with Gasteiger partial charge in [0.25, 0.3) is 0 Å². The van der Waals surface area contributed by atoms with Gasteiger partial charge in [0.2, 0.25) is 0 Å². The number of nitrogens with one attached hydrogen (secondary N) is 1. The molecule has 3 rings (SSSR count). The van der Waals surface area contributed by atoms with Crippen LogP contribution in [0.15, 0.2) is 0 Å². The van der Waals surface area contributed by atoms with Crippen molar-refractivity contribution >= 4 is 0 Å². The minimum absolute atomic E-state index is 0.145. The average molecular weight is 200 g/mol. The van der Waals surface area contributed by atoms with Crippen LogP contribution < -0.4 is 5.32 Å². The summed E-state index contributed by atoms with van der Waals surface area (Å²) in [5.41, 5.74) is 0. The fourth-order valence-corrected chi connectivity index (χ4v) is 2.55. The number of rotatable bonds is 4. The third-order valence-electron chi connectivity index (χ3n) is 3.48. The van der Waals surface area contributed by atoms with Crippen LogP contribution in [0.3, 0.4) is 0 Å². The summed E-state index contributed by atoms with van der Waals surface area (Å²) in [5.74, 6) is 0.783. The second kappa shape index (κ2) is 4.57. The van der Waals surface area contributed by atoms with Crippen LogP contribution in [0.5, 0.6) is 0 Å². The van der Waals surface area contributed by atoms with Gasteiger partial charge in [-0.25, -0.2) is 0 Å². The molecule has 0 aliphatic carbocycles. The van der Waals surface area contributed by atoms with Crippen LogP contribution in [0.4, 0.5) is 0 Å². The lowest BCUT2D eigenvalue weighted by atomic mass is 9.84. The van der Waals surface area contributed by atoms with Gasteiger partial charge in [0.15, 0.2) is 0 Å². The summed E-state index contributed by atoms with van der Waals surface area (Å²) < 4.78 is 0. The lowest BCUT2D eigenvalue weighted by Crippen LogP contribution is -2.57. The van der Waals surface area contributed by atoms with Crippen molar-refractivity contribution in [3.05, 3.63) is 0 Å². The Morgan fingerprint density at radius 3 is 2.57 bits per heavy atom. The molecule has 0 saturated carbocycles. The van der Waals surface area contributed by atoms with E-state index in [0.717, 1.165) is 12.5 Å². The summed E-state index contributed by atoms with van der Waals surface area (Å²) >= 11 is 0. The molecule has 0 aromatic rings. The molecule has 2 bridgehead atoms. The summed E-state index contributed by atoms with van der Waals surface area (Å²) in [4.78, 5) is 2.48. The number of aliphatic hydroxyl groups excluding tert-OH is 2. The molecule has 0 aromatic carbocycles. The maximum atomic E-state index is 9.23. The van der Waals surface area contributed by atoms with E-state index in [1.54, 1.807) is 0 Å². The summed E-state index contributed by atoms with van der Waals surface area (Å²) in [5, 5.41) is 21.3. The van der Waals surface area contributed by atoms with Crippen LogP contribution >= 0.6 is 0 Å². The molecule has 3 fully saturated rings. The topological polar surface area (TPSA) is 55.7 Å². The summed E-state index contributed by atoms with van der Waals surface area (Å²) in [6.45, 7) is 3.97. The van der Waals surface area contributed by atoms with E-state index >= 15 is 0 Å². The predicted octanol–water partition coefficient (Wildman–Crippen LogP) is -0.977. The van der Waals surface area contributed by atoms with Crippen molar-refractivity contribution in [2.45, 2.75) is 25.0 Å². The van der Waals surface area contributed by atoms with E-state index in [1.165, 1.54) is 25.9 Å². The van der Waals surface area contributed by atoms with Crippen molar-refractivity contribution < 1.29 is 10.2 Å². The molecule has 3 heterocycles.